The molecule has 0 aliphatic carbocycles. The van der Waals surface area contributed by atoms with Gasteiger partial charge in [0.25, 0.3) is 11.8 Å². The van der Waals surface area contributed by atoms with E-state index in [1.165, 1.54) is 11.3 Å². The molecule has 1 aliphatic heterocycles. The zero-order valence-corrected chi connectivity index (χ0v) is 17.5. The van der Waals surface area contributed by atoms with Crippen molar-refractivity contribution in [2.45, 2.75) is 6.92 Å². The van der Waals surface area contributed by atoms with Crippen LogP contribution in [0.2, 0.25) is 0 Å². The number of nitrogens with zero attached hydrogens (tertiary/aromatic N) is 1. The van der Waals surface area contributed by atoms with Crippen LogP contribution in [0.1, 0.15) is 16.1 Å². The monoisotopic (exact) mass is 435 g/mol. The number of nitrogens with one attached hydrogen (secondary N) is 2. The van der Waals surface area contributed by atoms with Crippen molar-refractivity contribution in [3.8, 4) is 22.8 Å². The summed E-state index contributed by atoms with van der Waals surface area (Å²) in [6, 6.07) is 10.9. The molecule has 8 nitrogen and oxygen atoms in total. The molecule has 0 fully saturated rings. The van der Waals surface area contributed by atoms with E-state index in [2.05, 4.69) is 15.6 Å². The lowest BCUT2D eigenvalue weighted by Gasteiger charge is -2.18. The van der Waals surface area contributed by atoms with E-state index >= 15 is 0 Å². The Kier molecular flexibility index (Phi) is 4.59. The molecule has 0 saturated carbocycles. The topological polar surface area (TPSA) is 103 Å². The molecule has 0 saturated heterocycles. The van der Waals surface area contributed by atoms with Crippen molar-refractivity contribution >= 4 is 44.9 Å². The van der Waals surface area contributed by atoms with Crippen LogP contribution < -0.4 is 20.1 Å². The summed E-state index contributed by atoms with van der Waals surface area (Å²) in [5, 5.41) is 8.70. The fourth-order valence-electron chi connectivity index (χ4n) is 3.41. The molecule has 3 heterocycles. The smallest absolute Gasteiger partial charge is 0.293 e. The number of aryl methyl sites for hydroxylation is 1. The Bertz CT molecular complexity index is 1340. The van der Waals surface area contributed by atoms with Gasteiger partial charge >= 0.3 is 0 Å². The molecule has 2 amide bonds. The maximum Gasteiger partial charge on any atom is 0.293 e. The van der Waals surface area contributed by atoms with E-state index in [0.29, 0.717) is 33.6 Å². The van der Waals surface area contributed by atoms with Crippen LogP contribution in [0.3, 0.4) is 0 Å². The minimum Gasteiger partial charge on any atom is -0.497 e. The second kappa shape index (κ2) is 7.44. The lowest BCUT2D eigenvalue weighted by molar-refractivity contribution is -0.118. The highest BCUT2D eigenvalue weighted by Crippen LogP contribution is 2.34. The van der Waals surface area contributed by atoms with Gasteiger partial charge in [0.05, 0.1) is 18.5 Å². The van der Waals surface area contributed by atoms with E-state index < -0.39 is 0 Å². The molecule has 2 aromatic carbocycles. The molecule has 2 aromatic heterocycles. The van der Waals surface area contributed by atoms with E-state index in [1.54, 1.807) is 25.3 Å². The summed E-state index contributed by atoms with van der Waals surface area (Å²) in [6.07, 6.45) is 0. The summed E-state index contributed by atoms with van der Waals surface area (Å²) in [7, 11) is 1.58. The van der Waals surface area contributed by atoms with E-state index in [4.69, 9.17) is 13.9 Å². The molecule has 0 unspecified atom stereocenters. The van der Waals surface area contributed by atoms with Crippen molar-refractivity contribution < 1.29 is 23.5 Å². The van der Waals surface area contributed by atoms with Crippen LogP contribution in [-0.2, 0) is 4.79 Å². The summed E-state index contributed by atoms with van der Waals surface area (Å²) < 4.78 is 16.4. The molecular formula is C22H17N3O5S. The third-order valence-electron chi connectivity index (χ3n) is 4.98. The summed E-state index contributed by atoms with van der Waals surface area (Å²) in [4.78, 5) is 28.8. The average Bonchev–Trinajstić information content (AvgIpc) is 3.37. The van der Waals surface area contributed by atoms with E-state index in [-0.39, 0.29) is 24.2 Å². The first-order valence-corrected chi connectivity index (χ1v) is 10.3. The lowest BCUT2D eigenvalue weighted by Crippen LogP contribution is -2.25. The van der Waals surface area contributed by atoms with Gasteiger partial charge in [-0.2, -0.15) is 0 Å². The van der Waals surface area contributed by atoms with Crippen LogP contribution in [0.5, 0.6) is 11.5 Å². The van der Waals surface area contributed by atoms with Gasteiger partial charge in [0, 0.05) is 28.0 Å². The third-order valence-corrected chi connectivity index (χ3v) is 5.74. The molecular weight excluding hydrogens is 418 g/mol. The first-order valence-electron chi connectivity index (χ1n) is 9.43. The fraction of sp³-hybridized carbons (Fsp3) is 0.136. The molecule has 4 aromatic rings. The molecule has 1 aliphatic rings. The molecule has 0 bridgehead atoms. The van der Waals surface area contributed by atoms with Crippen molar-refractivity contribution in [3.05, 3.63) is 53.1 Å². The van der Waals surface area contributed by atoms with Gasteiger partial charge in [0.2, 0.25) is 0 Å². The van der Waals surface area contributed by atoms with Crippen LogP contribution in [0, 0.1) is 6.92 Å². The Labute approximate surface area is 180 Å². The lowest BCUT2D eigenvalue weighted by atomic mass is 10.1. The zero-order chi connectivity index (χ0) is 21.5. The van der Waals surface area contributed by atoms with Crippen LogP contribution in [0.4, 0.5) is 10.8 Å². The Morgan fingerprint density at radius 1 is 1.26 bits per heavy atom. The summed E-state index contributed by atoms with van der Waals surface area (Å²) in [5.74, 6) is 0.927. The number of benzene rings is 2. The van der Waals surface area contributed by atoms with E-state index in [0.717, 1.165) is 16.5 Å². The number of carbonyl (C=O) groups is 2. The highest BCUT2D eigenvalue weighted by Gasteiger charge is 2.20. The molecule has 0 atom stereocenters. The molecule has 156 valence electrons. The van der Waals surface area contributed by atoms with Gasteiger partial charge in [0.1, 0.15) is 17.1 Å². The van der Waals surface area contributed by atoms with Gasteiger partial charge in [-0.3, -0.25) is 14.9 Å². The second-order valence-corrected chi connectivity index (χ2v) is 7.82. The Morgan fingerprint density at radius 2 is 2.13 bits per heavy atom. The van der Waals surface area contributed by atoms with Gasteiger partial charge in [-0.25, -0.2) is 4.98 Å². The standard InChI is InChI=1S/C22H17N3O5S/c1-11-14-5-4-13(28-2)8-18(14)30-20(11)21(27)25-22-24-16(10-31-22)12-3-6-17-15(7-12)23-19(26)9-29-17/h3-8,10H,9H2,1-2H3,(H,23,26)(H,24,25,27). The average molecular weight is 435 g/mol. The maximum atomic E-state index is 12.8. The Balaban J connectivity index is 1.38. The second-order valence-electron chi connectivity index (χ2n) is 6.96. The van der Waals surface area contributed by atoms with Gasteiger partial charge in [-0.15, -0.1) is 11.3 Å². The zero-order valence-electron chi connectivity index (χ0n) is 16.6. The number of aromatic nitrogens is 1. The number of hydrogen-bond donors (Lipinski definition) is 2. The molecule has 0 radical (unpaired) electrons. The first kappa shape index (κ1) is 19.1. The van der Waals surface area contributed by atoms with Gasteiger partial charge in [-0.1, -0.05) is 0 Å². The third kappa shape index (κ3) is 3.49. The van der Waals surface area contributed by atoms with Crippen molar-refractivity contribution in [1.82, 2.24) is 4.98 Å². The summed E-state index contributed by atoms with van der Waals surface area (Å²) in [5.41, 5.74) is 3.40. The SMILES string of the molecule is COc1ccc2c(C)c(C(=O)Nc3nc(-c4ccc5c(c4)NC(=O)CO5)cs3)oc2c1. The number of ether oxygens (including phenoxy) is 2. The number of thiazole rings is 1. The quantitative estimate of drug-likeness (QED) is 0.491. The first-order chi connectivity index (χ1) is 15.0. The van der Waals surface area contributed by atoms with Crippen LogP contribution in [0.15, 0.2) is 46.2 Å². The number of furan rings is 1. The minimum atomic E-state index is -0.375. The van der Waals surface area contributed by atoms with Gasteiger partial charge < -0.3 is 19.2 Å². The number of carbonyl (C=O) groups excluding carboxylic acids is 2. The number of anilines is 2. The summed E-state index contributed by atoms with van der Waals surface area (Å²) in [6.45, 7) is 1.84. The number of fused-ring (bicyclic) bond motifs is 2. The normalized spacial score (nSPS) is 12.8. The number of amides is 2. The molecule has 9 heteroatoms. The largest absolute Gasteiger partial charge is 0.497 e. The van der Waals surface area contributed by atoms with Crippen LogP contribution >= 0.6 is 11.3 Å². The van der Waals surface area contributed by atoms with Crippen molar-refractivity contribution in [3.63, 3.8) is 0 Å². The summed E-state index contributed by atoms with van der Waals surface area (Å²) >= 11 is 1.30. The number of hydrogen-bond acceptors (Lipinski definition) is 7. The Hall–Kier alpha value is -3.85. The minimum absolute atomic E-state index is 0.00716. The van der Waals surface area contributed by atoms with E-state index in [1.807, 2.05) is 30.5 Å². The van der Waals surface area contributed by atoms with Crippen molar-refractivity contribution in [2.75, 3.05) is 24.4 Å². The van der Waals surface area contributed by atoms with Crippen molar-refractivity contribution in [2.24, 2.45) is 0 Å². The van der Waals surface area contributed by atoms with Crippen LogP contribution in [0.25, 0.3) is 22.2 Å². The highest BCUT2D eigenvalue weighted by atomic mass is 32.1. The van der Waals surface area contributed by atoms with Crippen molar-refractivity contribution in [1.29, 1.82) is 0 Å². The number of methoxy groups -OCH3 is 1. The van der Waals surface area contributed by atoms with Gasteiger partial charge in [0.15, 0.2) is 17.5 Å². The fourth-order valence-corrected chi connectivity index (χ4v) is 4.12. The molecule has 31 heavy (non-hydrogen) atoms. The molecule has 2 N–H and O–H groups in total. The highest BCUT2D eigenvalue weighted by molar-refractivity contribution is 7.14. The molecule has 0 spiro atoms. The van der Waals surface area contributed by atoms with Crippen LogP contribution in [-0.4, -0.2) is 30.5 Å². The number of rotatable bonds is 4. The predicted octanol–water partition coefficient (Wildman–Crippen LogP) is 4.46. The predicted molar refractivity (Wildman–Crippen MR) is 117 cm³/mol. The molecule has 5 rings (SSSR count). The van der Waals surface area contributed by atoms with E-state index in [9.17, 15) is 9.59 Å². The maximum absolute atomic E-state index is 12.8. The van der Waals surface area contributed by atoms with Gasteiger partial charge in [-0.05, 0) is 37.3 Å². The Morgan fingerprint density at radius 3 is 2.97 bits per heavy atom.